The average molecular weight is 289 g/mol. The molecule has 1 aromatic carbocycles. The van der Waals surface area contributed by atoms with Gasteiger partial charge in [0.25, 0.3) is 0 Å². The van der Waals surface area contributed by atoms with Crippen molar-refractivity contribution in [2.24, 2.45) is 5.73 Å². The number of carbonyl (C=O) groups excluding carboxylic acids is 1. The lowest BCUT2D eigenvalue weighted by Crippen LogP contribution is -2.35. The van der Waals surface area contributed by atoms with Crippen LogP contribution >= 0.6 is 0 Å². The van der Waals surface area contributed by atoms with E-state index in [9.17, 15) is 18.0 Å². The van der Waals surface area contributed by atoms with Gasteiger partial charge in [0, 0.05) is 24.8 Å². The lowest BCUT2D eigenvalue weighted by molar-refractivity contribution is -0.274. The highest BCUT2D eigenvalue weighted by Crippen LogP contribution is 2.24. The molecule has 1 saturated heterocycles. The van der Waals surface area contributed by atoms with Crippen molar-refractivity contribution in [2.45, 2.75) is 18.8 Å². The Bertz CT molecular complexity index is 476. The van der Waals surface area contributed by atoms with Crippen LogP contribution < -0.4 is 15.8 Å². The highest BCUT2D eigenvalue weighted by molar-refractivity contribution is 5.89. The van der Waals surface area contributed by atoms with Crippen molar-refractivity contribution in [2.75, 3.05) is 18.4 Å². The zero-order valence-electron chi connectivity index (χ0n) is 10.5. The second kappa shape index (κ2) is 5.58. The standard InChI is InChI=1S/C12H14F3N3O2/c13-12(14,15)20-10-3-1-9(2-4-10)17-11(19)18-6-5-8(16)7-18/h1-4,8H,5-7,16H2,(H,17,19)/t8-/m0/s1. The van der Waals surface area contributed by atoms with Crippen LogP contribution in [0.25, 0.3) is 0 Å². The predicted octanol–water partition coefficient (Wildman–Crippen LogP) is 2.15. The molecule has 2 rings (SSSR count). The maximum atomic E-state index is 12.0. The third-order valence-electron chi connectivity index (χ3n) is 2.85. The van der Waals surface area contributed by atoms with Gasteiger partial charge in [0.15, 0.2) is 0 Å². The number of amides is 2. The molecule has 5 nitrogen and oxygen atoms in total. The summed E-state index contributed by atoms with van der Waals surface area (Å²) < 4.78 is 39.7. The molecule has 0 radical (unpaired) electrons. The highest BCUT2D eigenvalue weighted by Gasteiger charge is 2.31. The van der Waals surface area contributed by atoms with Crippen molar-refractivity contribution in [1.29, 1.82) is 0 Å². The van der Waals surface area contributed by atoms with Crippen LogP contribution in [0.3, 0.4) is 0 Å². The number of likely N-dealkylation sites (tertiary alicyclic amines) is 1. The van der Waals surface area contributed by atoms with Crippen molar-refractivity contribution in [3.05, 3.63) is 24.3 Å². The first kappa shape index (κ1) is 14.4. The van der Waals surface area contributed by atoms with Crippen molar-refractivity contribution in [3.8, 4) is 5.75 Å². The molecule has 3 N–H and O–H groups in total. The van der Waals surface area contributed by atoms with E-state index >= 15 is 0 Å². The monoisotopic (exact) mass is 289 g/mol. The Morgan fingerprint density at radius 3 is 2.50 bits per heavy atom. The van der Waals surface area contributed by atoms with Crippen LogP contribution in [0.1, 0.15) is 6.42 Å². The van der Waals surface area contributed by atoms with Gasteiger partial charge in [-0.05, 0) is 30.7 Å². The molecule has 20 heavy (non-hydrogen) atoms. The first-order valence-corrected chi connectivity index (χ1v) is 6.01. The lowest BCUT2D eigenvalue weighted by Gasteiger charge is -2.17. The molecule has 110 valence electrons. The van der Waals surface area contributed by atoms with Gasteiger partial charge in [0.05, 0.1) is 0 Å². The molecule has 0 spiro atoms. The van der Waals surface area contributed by atoms with Crippen LogP contribution in [0, 0.1) is 0 Å². The molecule has 8 heteroatoms. The van der Waals surface area contributed by atoms with E-state index in [0.717, 1.165) is 18.6 Å². The van der Waals surface area contributed by atoms with Gasteiger partial charge in [-0.1, -0.05) is 0 Å². The van der Waals surface area contributed by atoms with Gasteiger partial charge in [0.2, 0.25) is 0 Å². The quantitative estimate of drug-likeness (QED) is 0.876. The molecule has 1 atom stereocenters. The molecular formula is C12H14F3N3O2. The van der Waals surface area contributed by atoms with E-state index in [1.807, 2.05) is 0 Å². The fourth-order valence-electron chi connectivity index (χ4n) is 1.91. The second-order valence-electron chi connectivity index (χ2n) is 4.50. The summed E-state index contributed by atoms with van der Waals surface area (Å²) in [5, 5.41) is 2.59. The SMILES string of the molecule is N[C@H]1CCN(C(=O)Nc2ccc(OC(F)(F)F)cc2)C1. The number of urea groups is 1. The van der Waals surface area contributed by atoms with E-state index in [4.69, 9.17) is 5.73 Å². The van der Waals surface area contributed by atoms with E-state index in [0.29, 0.717) is 18.8 Å². The van der Waals surface area contributed by atoms with Gasteiger partial charge in [-0.2, -0.15) is 0 Å². The van der Waals surface area contributed by atoms with E-state index < -0.39 is 6.36 Å². The van der Waals surface area contributed by atoms with Gasteiger partial charge in [-0.25, -0.2) is 4.79 Å². The normalized spacial score (nSPS) is 19.0. The second-order valence-corrected chi connectivity index (χ2v) is 4.50. The lowest BCUT2D eigenvalue weighted by atomic mass is 10.3. The summed E-state index contributed by atoms with van der Waals surface area (Å²) in [5.74, 6) is -0.335. The summed E-state index contributed by atoms with van der Waals surface area (Å²) in [6.45, 7) is 1.05. The van der Waals surface area contributed by atoms with Crippen LogP contribution in [0.2, 0.25) is 0 Å². The predicted molar refractivity (Wildman–Crippen MR) is 66.3 cm³/mol. The summed E-state index contributed by atoms with van der Waals surface area (Å²) >= 11 is 0. The Hall–Kier alpha value is -1.96. The van der Waals surface area contributed by atoms with Crippen LogP contribution in [-0.4, -0.2) is 36.4 Å². The highest BCUT2D eigenvalue weighted by atomic mass is 19.4. The number of carbonyl (C=O) groups is 1. The molecular weight excluding hydrogens is 275 g/mol. The number of nitrogens with two attached hydrogens (primary N) is 1. The number of nitrogens with zero attached hydrogens (tertiary/aromatic N) is 1. The van der Waals surface area contributed by atoms with Crippen LogP contribution in [0.4, 0.5) is 23.7 Å². The Morgan fingerprint density at radius 2 is 2.00 bits per heavy atom. The Morgan fingerprint density at radius 1 is 1.35 bits per heavy atom. The molecule has 0 aliphatic carbocycles. The maximum Gasteiger partial charge on any atom is 0.573 e. The zero-order valence-corrected chi connectivity index (χ0v) is 10.5. The molecule has 0 bridgehead atoms. The van der Waals surface area contributed by atoms with Crippen LogP contribution in [0.5, 0.6) is 5.75 Å². The molecule has 0 aromatic heterocycles. The van der Waals surface area contributed by atoms with E-state index in [1.54, 1.807) is 4.90 Å². The van der Waals surface area contributed by atoms with Crippen LogP contribution in [0.15, 0.2) is 24.3 Å². The molecule has 2 amide bonds. The zero-order chi connectivity index (χ0) is 14.8. The summed E-state index contributed by atoms with van der Waals surface area (Å²) in [6, 6.07) is 4.62. The number of ether oxygens (including phenoxy) is 1. The summed E-state index contributed by atoms with van der Waals surface area (Å²) in [5.41, 5.74) is 6.08. The average Bonchev–Trinajstić information content (AvgIpc) is 2.77. The first-order valence-electron chi connectivity index (χ1n) is 6.01. The largest absolute Gasteiger partial charge is 0.573 e. The topological polar surface area (TPSA) is 67.6 Å². The summed E-state index contributed by atoms with van der Waals surface area (Å²) in [4.78, 5) is 13.4. The Labute approximate surface area is 113 Å². The third-order valence-corrected chi connectivity index (χ3v) is 2.85. The van der Waals surface area contributed by atoms with Gasteiger partial charge < -0.3 is 20.7 Å². The molecule has 1 aliphatic heterocycles. The van der Waals surface area contributed by atoms with Gasteiger partial charge in [-0.3, -0.25) is 0 Å². The number of alkyl halides is 3. The van der Waals surface area contributed by atoms with E-state index in [1.165, 1.54) is 12.1 Å². The minimum Gasteiger partial charge on any atom is -0.406 e. The number of rotatable bonds is 2. The Kier molecular flexibility index (Phi) is 4.03. The molecule has 1 fully saturated rings. The smallest absolute Gasteiger partial charge is 0.406 e. The number of nitrogens with one attached hydrogen (secondary N) is 1. The number of anilines is 1. The fourth-order valence-corrected chi connectivity index (χ4v) is 1.91. The Balaban J connectivity index is 1.92. The van der Waals surface area contributed by atoms with Crippen LogP contribution in [-0.2, 0) is 0 Å². The minimum absolute atomic E-state index is 0.0247. The van der Waals surface area contributed by atoms with Gasteiger partial charge in [0.1, 0.15) is 5.75 Å². The van der Waals surface area contributed by atoms with Crippen molar-refractivity contribution < 1.29 is 22.7 Å². The molecule has 0 unspecified atom stereocenters. The van der Waals surface area contributed by atoms with Crippen molar-refractivity contribution in [1.82, 2.24) is 4.90 Å². The first-order chi connectivity index (χ1) is 9.33. The van der Waals surface area contributed by atoms with Gasteiger partial charge in [-0.15, -0.1) is 13.2 Å². The van der Waals surface area contributed by atoms with E-state index in [2.05, 4.69) is 10.1 Å². The molecule has 1 heterocycles. The number of hydrogen-bond donors (Lipinski definition) is 2. The summed E-state index contributed by atoms with van der Waals surface area (Å²) in [6.07, 6.45) is -3.98. The number of benzene rings is 1. The number of halogens is 3. The van der Waals surface area contributed by atoms with Crippen molar-refractivity contribution >= 4 is 11.7 Å². The molecule has 1 aromatic rings. The van der Waals surface area contributed by atoms with Gasteiger partial charge >= 0.3 is 12.4 Å². The summed E-state index contributed by atoms with van der Waals surface area (Å²) in [7, 11) is 0. The van der Waals surface area contributed by atoms with Crippen molar-refractivity contribution in [3.63, 3.8) is 0 Å². The minimum atomic E-state index is -4.73. The maximum absolute atomic E-state index is 12.0. The third kappa shape index (κ3) is 4.02. The number of hydrogen-bond acceptors (Lipinski definition) is 3. The van der Waals surface area contributed by atoms with E-state index in [-0.39, 0.29) is 17.8 Å². The molecule has 0 saturated carbocycles. The molecule has 1 aliphatic rings. The fraction of sp³-hybridized carbons (Fsp3) is 0.417.